The van der Waals surface area contributed by atoms with Gasteiger partial charge in [0.2, 0.25) is 0 Å². The van der Waals surface area contributed by atoms with Crippen LogP contribution in [0, 0.1) is 0 Å². The fraction of sp³-hybridized carbons (Fsp3) is 0.259. The maximum absolute atomic E-state index is 13.5. The third-order valence-electron chi connectivity index (χ3n) is 5.71. The minimum Gasteiger partial charge on any atom is -0.494 e. The molecule has 0 saturated carbocycles. The smallest absolute Gasteiger partial charge is 0.337 e. The lowest BCUT2D eigenvalue weighted by molar-refractivity contribution is 0.0600. The molecule has 1 aliphatic rings. The van der Waals surface area contributed by atoms with E-state index in [0.29, 0.717) is 17.7 Å². The van der Waals surface area contributed by atoms with E-state index in [0.717, 1.165) is 42.0 Å². The minimum absolute atomic E-state index is 0.0944. The molecule has 6 heteroatoms. The lowest BCUT2D eigenvalue weighted by Crippen LogP contribution is -2.43. The van der Waals surface area contributed by atoms with Gasteiger partial charge in [-0.2, -0.15) is 0 Å². The summed E-state index contributed by atoms with van der Waals surface area (Å²) in [7, 11) is 1.35. The molecule has 4 rings (SSSR count). The van der Waals surface area contributed by atoms with Gasteiger partial charge in [0.15, 0.2) is 0 Å². The molecule has 1 heterocycles. The Labute approximate surface area is 194 Å². The number of methoxy groups -OCH3 is 1. The zero-order valence-corrected chi connectivity index (χ0v) is 18.9. The highest BCUT2D eigenvalue weighted by atomic mass is 16.5. The zero-order valence-electron chi connectivity index (χ0n) is 18.9. The van der Waals surface area contributed by atoms with Crippen molar-refractivity contribution in [3.05, 3.63) is 89.5 Å². The van der Waals surface area contributed by atoms with Crippen molar-refractivity contribution in [2.75, 3.05) is 23.9 Å². The average Bonchev–Trinajstić information content (AvgIpc) is 2.87. The Kier molecular flexibility index (Phi) is 6.93. The van der Waals surface area contributed by atoms with Crippen molar-refractivity contribution in [2.24, 2.45) is 0 Å². The largest absolute Gasteiger partial charge is 0.494 e. The number of fused-ring (bicyclic) bond motifs is 1. The SMILES string of the molecule is CCCCCOc1ccc(N2C(=O)c3ccccc3N[C@@H]2c2ccc(C(=O)OC)cc2)cc1. The molecule has 3 aromatic rings. The van der Waals surface area contributed by atoms with Crippen molar-refractivity contribution in [1.82, 2.24) is 0 Å². The number of benzene rings is 3. The normalized spacial score (nSPS) is 14.9. The molecule has 1 aliphatic heterocycles. The fourth-order valence-corrected chi connectivity index (χ4v) is 3.92. The average molecular weight is 445 g/mol. The van der Waals surface area contributed by atoms with Gasteiger partial charge in [-0.25, -0.2) is 4.79 Å². The molecule has 33 heavy (non-hydrogen) atoms. The van der Waals surface area contributed by atoms with Gasteiger partial charge in [-0.3, -0.25) is 9.69 Å². The van der Waals surface area contributed by atoms with Crippen LogP contribution in [0.2, 0.25) is 0 Å². The minimum atomic E-state index is -0.435. The van der Waals surface area contributed by atoms with Gasteiger partial charge in [-0.1, -0.05) is 44.0 Å². The second kappa shape index (κ2) is 10.2. The van der Waals surface area contributed by atoms with Crippen molar-refractivity contribution in [3.8, 4) is 5.75 Å². The highest BCUT2D eigenvalue weighted by Crippen LogP contribution is 2.37. The number of hydrogen-bond donors (Lipinski definition) is 1. The predicted octanol–water partition coefficient (Wildman–Crippen LogP) is 5.81. The number of nitrogens with one attached hydrogen (secondary N) is 1. The van der Waals surface area contributed by atoms with Crippen molar-refractivity contribution < 1.29 is 19.1 Å². The maximum Gasteiger partial charge on any atom is 0.337 e. The lowest BCUT2D eigenvalue weighted by Gasteiger charge is -2.38. The van der Waals surface area contributed by atoms with E-state index in [2.05, 4.69) is 12.2 Å². The van der Waals surface area contributed by atoms with E-state index >= 15 is 0 Å². The number of rotatable bonds is 8. The monoisotopic (exact) mass is 444 g/mol. The summed E-state index contributed by atoms with van der Waals surface area (Å²) in [5.74, 6) is 0.292. The van der Waals surface area contributed by atoms with E-state index in [1.54, 1.807) is 17.0 Å². The maximum atomic E-state index is 13.5. The van der Waals surface area contributed by atoms with Gasteiger partial charge in [0, 0.05) is 11.4 Å². The summed E-state index contributed by atoms with van der Waals surface area (Å²) in [6, 6.07) is 22.2. The zero-order chi connectivity index (χ0) is 23.2. The number of unbranched alkanes of at least 4 members (excludes halogenated alkanes) is 2. The second-order valence-electron chi connectivity index (χ2n) is 7.93. The van der Waals surface area contributed by atoms with Crippen LogP contribution in [-0.4, -0.2) is 25.6 Å². The molecule has 3 aromatic carbocycles. The highest BCUT2D eigenvalue weighted by molar-refractivity contribution is 6.12. The number of ether oxygens (including phenoxy) is 2. The van der Waals surface area contributed by atoms with E-state index < -0.39 is 12.1 Å². The van der Waals surface area contributed by atoms with E-state index in [4.69, 9.17) is 9.47 Å². The first-order valence-corrected chi connectivity index (χ1v) is 11.2. The molecule has 0 radical (unpaired) electrons. The Hall–Kier alpha value is -3.80. The molecular weight excluding hydrogens is 416 g/mol. The van der Waals surface area contributed by atoms with Crippen LogP contribution in [0.15, 0.2) is 72.8 Å². The van der Waals surface area contributed by atoms with Gasteiger partial charge in [0.1, 0.15) is 11.9 Å². The Bertz CT molecular complexity index is 1110. The molecule has 0 aliphatic carbocycles. The number of carbonyl (C=O) groups excluding carboxylic acids is 2. The molecule has 0 fully saturated rings. The van der Waals surface area contributed by atoms with E-state index in [9.17, 15) is 9.59 Å². The molecule has 1 N–H and O–H groups in total. The van der Waals surface area contributed by atoms with E-state index in [1.807, 2.05) is 60.7 Å². The summed E-state index contributed by atoms with van der Waals surface area (Å²) in [6.07, 6.45) is 2.88. The molecule has 170 valence electrons. The quantitative estimate of drug-likeness (QED) is 0.351. The van der Waals surface area contributed by atoms with Gasteiger partial charge < -0.3 is 14.8 Å². The third kappa shape index (κ3) is 4.85. The first kappa shape index (κ1) is 22.4. The Morgan fingerprint density at radius 3 is 2.39 bits per heavy atom. The molecule has 0 saturated heterocycles. The van der Waals surface area contributed by atoms with Crippen LogP contribution in [-0.2, 0) is 4.74 Å². The summed E-state index contributed by atoms with van der Waals surface area (Å²) in [5, 5.41) is 3.48. The number of para-hydroxylation sites is 1. The van der Waals surface area contributed by atoms with E-state index in [1.165, 1.54) is 7.11 Å². The van der Waals surface area contributed by atoms with Crippen LogP contribution in [0.4, 0.5) is 11.4 Å². The predicted molar refractivity (Wildman–Crippen MR) is 129 cm³/mol. The lowest BCUT2D eigenvalue weighted by atomic mass is 10.0. The van der Waals surface area contributed by atoms with Gasteiger partial charge >= 0.3 is 5.97 Å². The number of nitrogens with zero attached hydrogens (tertiary/aromatic N) is 1. The molecule has 0 aromatic heterocycles. The fourth-order valence-electron chi connectivity index (χ4n) is 3.92. The van der Waals surface area contributed by atoms with Crippen molar-refractivity contribution in [2.45, 2.75) is 32.4 Å². The van der Waals surface area contributed by atoms with Crippen LogP contribution < -0.4 is 15.0 Å². The number of anilines is 2. The molecule has 0 spiro atoms. The first-order chi connectivity index (χ1) is 16.1. The molecule has 0 bridgehead atoms. The number of carbonyl (C=O) groups is 2. The molecule has 6 nitrogen and oxygen atoms in total. The number of esters is 1. The molecule has 1 atom stereocenters. The summed E-state index contributed by atoms with van der Waals surface area (Å²) >= 11 is 0. The Morgan fingerprint density at radius 2 is 1.70 bits per heavy atom. The first-order valence-electron chi connectivity index (χ1n) is 11.2. The van der Waals surface area contributed by atoms with Gasteiger partial charge in [0.25, 0.3) is 5.91 Å². The Balaban J connectivity index is 1.64. The van der Waals surface area contributed by atoms with Crippen LogP contribution in [0.3, 0.4) is 0 Å². The van der Waals surface area contributed by atoms with E-state index in [-0.39, 0.29) is 5.91 Å². The Morgan fingerprint density at radius 1 is 0.970 bits per heavy atom. The summed E-state index contributed by atoms with van der Waals surface area (Å²) in [5.41, 5.74) is 3.45. The molecular formula is C27H28N2O4. The van der Waals surface area contributed by atoms with Crippen LogP contribution in [0.25, 0.3) is 0 Å². The topological polar surface area (TPSA) is 67.9 Å². The summed E-state index contributed by atoms with van der Waals surface area (Å²) in [6.45, 7) is 2.84. The number of amides is 1. The highest BCUT2D eigenvalue weighted by Gasteiger charge is 2.34. The van der Waals surface area contributed by atoms with Crippen molar-refractivity contribution in [3.63, 3.8) is 0 Å². The van der Waals surface area contributed by atoms with Crippen LogP contribution >= 0.6 is 0 Å². The van der Waals surface area contributed by atoms with Crippen LogP contribution in [0.1, 0.15) is 58.6 Å². The van der Waals surface area contributed by atoms with Gasteiger partial charge in [-0.05, 0) is 60.5 Å². The van der Waals surface area contributed by atoms with Gasteiger partial charge in [-0.15, -0.1) is 0 Å². The second-order valence-corrected chi connectivity index (χ2v) is 7.93. The molecule has 1 amide bonds. The number of hydrogen-bond acceptors (Lipinski definition) is 5. The van der Waals surface area contributed by atoms with Crippen LogP contribution in [0.5, 0.6) is 5.75 Å². The third-order valence-corrected chi connectivity index (χ3v) is 5.71. The summed E-state index contributed by atoms with van der Waals surface area (Å²) < 4.78 is 10.6. The summed E-state index contributed by atoms with van der Waals surface area (Å²) in [4.78, 5) is 27.1. The van der Waals surface area contributed by atoms with Crippen molar-refractivity contribution >= 4 is 23.3 Å². The van der Waals surface area contributed by atoms with Crippen molar-refractivity contribution in [1.29, 1.82) is 0 Å². The standard InChI is InChI=1S/C27H28N2O4/c1-3-4-7-18-33-22-16-14-21(15-17-22)29-25(19-10-12-20(13-11-19)27(31)32-2)28-24-9-6-5-8-23(24)26(29)30/h5-6,8-17,25,28H,3-4,7,18H2,1-2H3/t25-/m0/s1. The molecule has 0 unspecified atom stereocenters. The van der Waals surface area contributed by atoms with Gasteiger partial charge in [0.05, 0.1) is 24.8 Å².